The smallest absolute Gasteiger partial charge is 0.260 e. The molecule has 3 aromatic heterocycles. The highest BCUT2D eigenvalue weighted by Crippen LogP contribution is 2.27. The van der Waals surface area contributed by atoms with Crippen molar-refractivity contribution in [3.05, 3.63) is 49.0 Å². The molecule has 2 atom stereocenters. The van der Waals surface area contributed by atoms with Crippen molar-refractivity contribution in [2.24, 2.45) is 0 Å². The van der Waals surface area contributed by atoms with E-state index in [1.807, 2.05) is 6.92 Å². The molecule has 0 saturated carbocycles. The lowest BCUT2D eigenvalue weighted by Crippen LogP contribution is -3.09. The first-order valence-corrected chi connectivity index (χ1v) is 10.2. The van der Waals surface area contributed by atoms with Crippen molar-refractivity contribution in [2.45, 2.75) is 39.3 Å². The Morgan fingerprint density at radius 1 is 1.48 bits per heavy atom. The number of likely N-dealkylation sites (tertiary alicyclic amines) is 1. The van der Waals surface area contributed by atoms with Crippen LogP contribution in [0.4, 0.5) is 0 Å². The Morgan fingerprint density at radius 3 is 3.04 bits per heavy atom. The monoisotopic (exact) mass is 374 g/mol. The fourth-order valence-corrected chi connectivity index (χ4v) is 5.80. The fraction of sp³-hybridized carbons (Fsp3) is 0.389. The minimum Gasteiger partial charge on any atom is -0.322 e. The number of aromatic nitrogens is 2. The predicted molar refractivity (Wildman–Crippen MR) is 101 cm³/mol. The molecule has 0 bridgehead atoms. The maximum Gasteiger partial charge on any atom is 0.260 e. The summed E-state index contributed by atoms with van der Waals surface area (Å²) in [7, 11) is 0. The molecular weight excluding hydrogens is 354 g/mol. The number of aryl methyl sites for hydroxylation is 1. The molecule has 1 saturated heterocycles. The summed E-state index contributed by atoms with van der Waals surface area (Å²) in [5, 5.41) is 2.68. The Kier molecular flexibility index (Phi) is 4.31. The number of hydrogen-bond acceptors (Lipinski definition) is 5. The van der Waals surface area contributed by atoms with E-state index in [0.717, 1.165) is 12.1 Å². The third kappa shape index (κ3) is 2.96. The van der Waals surface area contributed by atoms with Crippen LogP contribution < -0.4 is 10.5 Å². The molecule has 1 aliphatic rings. The van der Waals surface area contributed by atoms with Gasteiger partial charge in [0, 0.05) is 12.8 Å². The van der Waals surface area contributed by atoms with E-state index in [-0.39, 0.29) is 11.3 Å². The number of carbonyl (C=O) groups is 1. The summed E-state index contributed by atoms with van der Waals surface area (Å²) in [5.74, 6) is 0.705. The molecule has 130 valence electrons. The third-order valence-electron chi connectivity index (χ3n) is 4.93. The third-order valence-corrected chi connectivity index (χ3v) is 7.21. The van der Waals surface area contributed by atoms with Crippen molar-refractivity contribution in [2.75, 3.05) is 6.54 Å². The second kappa shape index (κ2) is 6.48. The number of thiophene rings is 2. The molecule has 4 heterocycles. The van der Waals surface area contributed by atoms with E-state index in [4.69, 9.17) is 0 Å². The maximum absolute atomic E-state index is 12.5. The molecule has 7 heteroatoms. The Bertz CT molecular complexity index is 988. The maximum atomic E-state index is 12.5. The number of nitrogens with one attached hydrogen (secondary N) is 2. The van der Waals surface area contributed by atoms with Gasteiger partial charge in [0.1, 0.15) is 17.4 Å². The van der Waals surface area contributed by atoms with E-state index in [2.05, 4.69) is 27.5 Å². The number of fused-ring (bicyclic) bond motifs is 1. The van der Waals surface area contributed by atoms with E-state index in [1.165, 1.54) is 40.9 Å². The molecule has 5 nitrogen and oxygen atoms in total. The van der Waals surface area contributed by atoms with Gasteiger partial charge < -0.3 is 9.88 Å². The molecule has 1 unspecified atom stereocenters. The van der Waals surface area contributed by atoms with Crippen molar-refractivity contribution in [3.63, 3.8) is 0 Å². The van der Waals surface area contributed by atoms with Crippen molar-refractivity contribution >= 4 is 38.7 Å². The van der Waals surface area contributed by atoms with Gasteiger partial charge in [-0.05, 0) is 30.9 Å². The topological polar surface area (TPSA) is 67.3 Å². The van der Waals surface area contributed by atoms with Crippen LogP contribution in [0.2, 0.25) is 0 Å². The summed E-state index contributed by atoms with van der Waals surface area (Å²) in [6.45, 7) is 5.16. The van der Waals surface area contributed by atoms with E-state index in [9.17, 15) is 9.59 Å². The van der Waals surface area contributed by atoms with Gasteiger partial charge in [0.05, 0.1) is 21.7 Å². The zero-order chi connectivity index (χ0) is 17.6. The summed E-state index contributed by atoms with van der Waals surface area (Å²) in [5.41, 5.74) is 0.616. The first kappa shape index (κ1) is 16.6. The highest BCUT2D eigenvalue weighted by atomic mass is 32.1. The van der Waals surface area contributed by atoms with Gasteiger partial charge in [-0.2, -0.15) is 0 Å². The number of carbonyl (C=O) groups excluding carboxylic acids is 1. The number of aromatic amines is 1. The SMILES string of the molecule is CC(=O)c1sc2nc(C[NH+]3CCC[C@@H]3c3cccs3)[nH]c(=O)c2c1C. The Balaban J connectivity index is 1.68. The molecule has 1 fully saturated rings. The molecule has 1 aliphatic heterocycles. The summed E-state index contributed by atoms with van der Waals surface area (Å²) in [6.07, 6.45) is 2.37. The average molecular weight is 375 g/mol. The van der Waals surface area contributed by atoms with Crippen LogP contribution in [0, 0.1) is 6.92 Å². The molecule has 0 spiro atoms. The van der Waals surface area contributed by atoms with Gasteiger partial charge in [0.25, 0.3) is 5.56 Å². The van der Waals surface area contributed by atoms with E-state index < -0.39 is 0 Å². The van der Waals surface area contributed by atoms with Gasteiger partial charge in [-0.15, -0.1) is 22.7 Å². The molecule has 3 aromatic rings. The van der Waals surface area contributed by atoms with Gasteiger partial charge in [-0.25, -0.2) is 4.98 Å². The van der Waals surface area contributed by atoms with Gasteiger partial charge in [0.2, 0.25) is 0 Å². The molecule has 25 heavy (non-hydrogen) atoms. The van der Waals surface area contributed by atoms with Gasteiger partial charge in [-0.1, -0.05) is 6.07 Å². The number of rotatable bonds is 4. The lowest BCUT2D eigenvalue weighted by atomic mass is 10.2. The number of quaternary nitrogens is 1. The Hall–Kier alpha value is -1.83. The standard InChI is InChI=1S/C18H19N3O2S2/c1-10-15-17(23)19-14(20-18(15)25-16(10)11(2)22)9-21-7-3-5-12(21)13-6-4-8-24-13/h4,6,8,12H,3,5,7,9H2,1-2H3,(H,19,20,23)/p+1/t12-/m1/s1. The van der Waals surface area contributed by atoms with E-state index >= 15 is 0 Å². The summed E-state index contributed by atoms with van der Waals surface area (Å²) in [6, 6.07) is 4.78. The summed E-state index contributed by atoms with van der Waals surface area (Å²) < 4.78 is 0. The number of Topliss-reactive ketones (excluding diaryl/α,β-unsaturated/α-hetero) is 1. The highest BCUT2D eigenvalue weighted by molar-refractivity contribution is 7.20. The average Bonchev–Trinajstić information content (AvgIpc) is 3.26. The Labute approximate surface area is 153 Å². The van der Waals surface area contributed by atoms with Gasteiger partial charge in [-0.3, -0.25) is 9.59 Å². The van der Waals surface area contributed by atoms with Crippen LogP contribution >= 0.6 is 22.7 Å². The molecule has 0 aliphatic carbocycles. The van der Waals surface area contributed by atoms with Crippen LogP contribution in [0.15, 0.2) is 22.3 Å². The highest BCUT2D eigenvalue weighted by Gasteiger charge is 2.31. The molecule has 2 N–H and O–H groups in total. The van der Waals surface area contributed by atoms with Crippen molar-refractivity contribution < 1.29 is 9.69 Å². The van der Waals surface area contributed by atoms with E-state index in [1.54, 1.807) is 11.3 Å². The minimum absolute atomic E-state index is 0.00984. The van der Waals surface area contributed by atoms with Crippen molar-refractivity contribution in [1.82, 2.24) is 9.97 Å². The largest absolute Gasteiger partial charge is 0.322 e. The molecule has 4 rings (SSSR count). The van der Waals surface area contributed by atoms with Crippen LogP contribution in [0.5, 0.6) is 0 Å². The summed E-state index contributed by atoms with van der Waals surface area (Å²) in [4.78, 5) is 36.1. The Morgan fingerprint density at radius 2 is 2.32 bits per heavy atom. The second-order valence-corrected chi connectivity index (χ2v) is 8.58. The van der Waals surface area contributed by atoms with Crippen LogP contribution in [0.25, 0.3) is 10.2 Å². The number of ketones is 1. The molecule has 0 radical (unpaired) electrons. The van der Waals surface area contributed by atoms with Crippen LogP contribution in [-0.2, 0) is 6.54 Å². The van der Waals surface area contributed by atoms with E-state index in [0.29, 0.717) is 33.5 Å². The van der Waals surface area contributed by atoms with Crippen molar-refractivity contribution in [3.8, 4) is 0 Å². The summed E-state index contributed by atoms with van der Waals surface area (Å²) >= 11 is 3.13. The predicted octanol–water partition coefficient (Wildman–Crippen LogP) is 2.48. The molecule has 0 aromatic carbocycles. The van der Waals surface area contributed by atoms with Crippen LogP contribution in [0.1, 0.15) is 51.7 Å². The lowest BCUT2D eigenvalue weighted by Gasteiger charge is -2.19. The second-order valence-electron chi connectivity index (χ2n) is 6.60. The zero-order valence-electron chi connectivity index (χ0n) is 14.2. The minimum atomic E-state index is -0.132. The molecular formula is C18H20N3O2S2+. The van der Waals surface area contributed by atoms with Crippen molar-refractivity contribution in [1.29, 1.82) is 0 Å². The number of hydrogen-bond donors (Lipinski definition) is 2. The first-order chi connectivity index (χ1) is 12.0. The van der Waals surface area contributed by atoms with Gasteiger partial charge in [0.15, 0.2) is 11.6 Å². The van der Waals surface area contributed by atoms with Gasteiger partial charge >= 0.3 is 0 Å². The number of H-pyrrole nitrogens is 1. The first-order valence-electron chi connectivity index (χ1n) is 8.46. The molecule has 0 amide bonds. The lowest BCUT2D eigenvalue weighted by molar-refractivity contribution is -0.932. The zero-order valence-corrected chi connectivity index (χ0v) is 15.9. The normalized spacial score (nSPS) is 20.4. The quantitative estimate of drug-likeness (QED) is 0.690. The number of nitrogens with zero attached hydrogens (tertiary/aromatic N) is 1. The van der Waals surface area contributed by atoms with Crippen LogP contribution in [-0.4, -0.2) is 22.3 Å². The fourth-order valence-electron chi connectivity index (χ4n) is 3.78. The van der Waals surface area contributed by atoms with Crippen LogP contribution in [0.3, 0.4) is 0 Å².